The minimum Gasteiger partial charge on any atom is -0.383 e. The van der Waals surface area contributed by atoms with Crippen LogP contribution >= 0.6 is 0 Å². The van der Waals surface area contributed by atoms with E-state index in [1.807, 2.05) is 18.2 Å². The summed E-state index contributed by atoms with van der Waals surface area (Å²) >= 11 is 0. The van der Waals surface area contributed by atoms with Crippen molar-refractivity contribution in [3.05, 3.63) is 47.9 Å². The van der Waals surface area contributed by atoms with Crippen LogP contribution in [0.1, 0.15) is 5.56 Å². The van der Waals surface area contributed by atoms with Crippen LogP contribution in [-0.4, -0.2) is 15.3 Å². The number of halogens is 1. The maximum atomic E-state index is 13.3. The average molecular weight is 282 g/mol. The molecule has 0 spiro atoms. The van der Waals surface area contributed by atoms with Crippen molar-refractivity contribution in [1.29, 1.82) is 0 Å². The molecule has 0 saturated carbocycles. The lowest BCUT2D eigenvalue weighted by Gasteiger charge is -2.03. The standard InChI is InChI=1S/C15H11FN4O/c16-10-2-4-12-19-14(15(17)20(12)7-10)8-1-3-11-9(5-8)6-13(21)18-11/h1-5,7H,6,17H2,(H,18,21). The minimum absolute atomic E-state index is 0.0211. The number of hydrogen-bond donors (Lipinski definition) is 2. The zero-order valence-corrected chi connectivity index (χ0v) is 10.9. The van der Waals surface area contributed by atoms with Gasteiger partial charge >= 0.3 is 0 Å². The van der Waals surface area contributed by atoms with Gasteiger partial charge in [-0.25, -0.2) is 9.37 Å². The summed E-state index contributed by atoms with van der Waals surface area (Å²) in [6.45, 7) is 0. The van der Waals surface area contributed by atoms with Crippen molar-refractivity contribution in [2.24, 2.45) is 0 Å². The molecule has 0 unspecified atom stereocenters. The molecule has 0 aliphatic carbocycles. The second kappa shape index (κ2) is 4.05. The highest BCUT2D eigenvalue weighted by Crippen LogP contribution is 2.31. The molecule has 3 N–H and O–H groups in total. The molecule has 21 heavy (non-hydrogen) atoms. The Balaban J connectivity index is 1.89. The Bertz CT molecular complexity index is 900. The summed E-state index contributed by atoms with van der Waals surface area (Å²) in [5.74, 6) is -0.0178. The van der Waals surface area contributed by atoms with E-state index >= 15 is 0 Å². The van der Waals surface area contributed by atoms with Crippen molar-refractivity contribution in [2.75, 3.05) is 11.1 Å². The third kappa shape index (κ3) is 1.76. The van der Waals surface area contributed by atoms with Crippen LogP contribution in [0, 0.1) is 5.82 Å². The van der Waals surface area contributed by atoms with E-state index in [4.69, 9.17) is 5.73 Å². The second-order valence-corrected chi connectivity index (χ2v) is 5.02. The first kappa shape index (κ1) is 11.9. The van der Waals surface area contributed by atoms with Crippen molar-refractivity contribution < 1.29 is 9.18 Å². The van der Waals surface area contributed by atoms with Crippen molar-refractivity contribution in [3.8, 4) is 11.3 Å². The van der Waals surface area contributed by atoms with Gasteiger partial charge in [0.1, 0.15) is 23.0 Å². The molecule has 1 amide bonds. The van der Waals surface area contributed by atoms with Crippen LogP contribution in [0.3, 0.4) is 0 Å². The Morgan fingerprint density at radius 1 is 1.29 bits per heavy atom. The van der Waals surface area contributed by atoms with Crippen LogP contribution < -0.4 is 11.1 Å². The molecule has 5 nitrogen and oxygen atoms in total. The lowest BCUT2D eigenvalue weighted by Crippen LogP contribution is -2.03. The van der Waals surface area contributed by atoms with Gasteiger partial charge in [0.05, 0.1) is 6.42 Å². The predicted octanol–water partition coefficient (Wildman–Crippen LogP) is 2.22. The van der Waals surface area contributed by atoms with Crippen LogP contribution in [0.2, 0.25) is 0 Å². The summed E-state index contributed by atoms with van der Waals surface area (Å²) in [6.07, 6.45) is 1.66. The highest BCUT2D eigenvalue weighted by Gasteiger charge is 2.19. The first-order valence-electron chi connectivity index (χ1n) is 6.48. The van der Waals surface area contributed by atoms with E-state index in [2.05, 4.69) is 10.3 Å². The summed E-state index contributed by atoms with van der Waals surface area (Å²) in [5, 5.41) is 2.78. The summed E-state index contributed by atoms with van der Waals surface area (Å²) in [7, 11) is 0. The van der Waals surface area contributed by atoms with Gasteiger partial charge in [0.15, 0.2) is 0 Å². The van der Waals surface area contributed by atoms with Crippen LogP contribution in [0.15, 0.2) is 36.5 Å². The summed E-state index contributed by atoms with van der Waals surface area (Å²) in [6, 6.07) is 8.49. The quantitative estimate of drug-likeness (QED) is 0.718. The fourth-order valence-electron chi connectivity index (χ4n) is 2.63. The zero-order valence-electron chi connectivity index (χ0n) is 10.9. The van der Waals surface area contributed by atoms with Crippen molar-refractivity contribution in [2.45, 2.75) is 6.42 Å². The van der Waals surface area contributed by atoms with Gasteiger partial charge < -0.3 is 11.1 Å². The molecule has 3 heterocycles. The van der Waals surface area contributed by atoms with Gasteiger partial charge in [0.25, 0.3) is 0 Å². The number of hydrogen-bond acceptors (Lipinski definition) is 3. The van der Waals surface area contributed by atoms with Crippen molar-refractivity contribution >= 4 is 23.1 Å². The molecule has 1 aromatic carbocycles. The van der Waals surface area contributed by atoms with E-state index in [1.54, 1.807) is 6.07 Å². The van der Waals surface area contributed by atoms with Crippen LogP contribution in [-0.2, 0) is 11.2 Å². The number of nitrogens with two attached hydrogens (primary N) is 1. The molecule has 2 aromatic heterocycles. The van der Waals surface area contributed by atoms with Crippen molar-refractivity contribution in [1.82, 2.24) is 9.38 Å². The van der Waals surface area contributed by atoms with E-state index < -0.39 is 0 Å². The van der Waals surface area contributed by atoms with E-state index in [-0.39, 0.29) is 11.7 Å². The molecule has 0 saturated heterocycles. The Labute approximate surface area is 119 Å². The zero-order chi connectivity index (χ0) is 14.6. The van der Waals surface area contributed by atoms with Gasteiger partial charge in [0, 0.05) is 17.4 Å². The van der Waals surface area contributed by atoms with E-state index in [9.17, 15) is 9.18 Å². The molecule has 0 bridgehead atoms. The SMILES string of the molecule is Nc1c(-c2ccc3c(c2)CC(=O)N3)nc2ccc(F)cn12. The molecular formula is C15H11FN4O. The van der Waals surface area contributed by atoms with Gasteiger partial charge in [-0.15, -0.1) is 0 Å². The summed E-state index contributed by atoms with van der Waals surface area (Å²) in [4.78, 5) is 15.8. The molecule has 0 radical (unpaired) electrons. The maximum absolute atomic E-state index is 13.3. The van der Waals surface area contributed by atoms with Crippen LogP contribution in [0.5, 0.6) is 0 Å². The van der Waals surface area contributed by atoms with Crippen LogP contribution in [0.25, 0.3) is 16.9 Å². The first-order chi connectivity index (χ1) is 10.1. The summed E-state index contributed by atoms with van der Waals surface area (Å²) < 4.78 is 14.8. The number of anilines is 2. The number of benzene rings is 1. The lowest BCUT2D eigenvalue weighted by molar-refractivity contribution is -0.115. The van der Waals surface area contributed by atoms with E-state index in [1.165, 1.54) is 16.7 Å². The Kier molecular flexibility index (Phi) is 2.29. The number of amides is 1. The molecular weight excluding hydrogens is 271 g/mol. The Morgan fingerprint density at radius 3 is 3.00 bits per heavy atom. The molecule has 0 atom stereocenters. The molecule has 3 aromatic rings. The molecule has 0 fully saturated rings. The first-order valence-corrected chi connectivity index (χ1v) is 6.48. The largest absolute Gasteiger partial charge is 0.383 e. The smallest absolute Gasteiger partial charge is 0.228 e. The van der Waals surface area contributed by atoms with E-state index in [0.29, 0.717) is 23.6 Å². The summed E-state index contributed by atoms with van der Waals surface area (Å²) in [5.41, 5.74) is 9.78. The Morgan fingerprint density at radius 2 is 2.14 bits per heavy atom. The number of aromatic nitrogens is 2. The molecule has 1 aliphatic heterocycles. The number of nitrogens with zero attached hydrogens (tertiary/aromatic N) is 2. The number of fused-ring (bicyclic) bond motifs is 2. The monoisotopic (exact) mass is 282 g/mol. The number of nitrogens with one attached hydrogen (secondary N) is 1. The van der Waals surface area contributed by atoms with Crippen molar-refractivity contribution in [3.63, 3.8) is 0 Å². The number of imidazole rings is 1. The third-order valence-corrected chi connectivity index (χ3v) is 3.62. The van der Waals surface area contributed by atoms with Gasteiger partial charge in [-0.05, 0) is 29.8 Å². The predicted molar refractivity (Wildman–Crippen MR) is 77.3 cm³/mol. The average Bonchev–Trinajstić information content (AvgIpc) is 2.98. The number of rotatable bonds is 1. The third-order valence-electron chi connectivity index (χ3n) is 3.62. The molecule has 4 rings (SSSR count). The highest BCUT2D eigenvalue weighted by atomic mass is 19.1. The van der Waals surface area contributed by atoms with Gasteiger partial charge in [-0.2, -0.15) is 0 Å². The normalized spacial score (nSPS) is 13.5. The minimum atomic E-state index is -0.373. The van der Waals surface area contributed by atoms with Gasteiger partial charge in [-0.3, -0.25) is 9.20 Å². The molecule has 1 aliphatic rings. The maximum Gasteiger partial charge on any atom is 0.228 e. The van der Waals surface area contributed by atoms with E-state index in [0.717, 1.165) is 16.8 Å². The number of carbonyl (C=O) groups excluding carboxylic acids is 1. The number of carbonyl (C=O) groups is 1. The van der Waals surface area contributed by atoms with Crippen LogP contribution in [0.4, 0.5) is 15.9 Å². The van der Waals surface area contributed by atoms with Gasteiger partial charge in [-0.1, -0.05) is 6.07 Å². The fourth-order valence-corrected chi connectivity index (χ4v) is 2.63. The lowest BCUT2D eigenvalue weighted by atomic mass is 10.1. The second-order valence-electron chi connectivity index (χ2n) is 5.02. The number of pyridine rings is 1. The molecule has 104 valence electrons. The Hall–Kier alpha value is -2.89. The highest BCUT2D eigenvalue weighted by molar-refractivity contribution is 5.99. The molecule has 6 heteroatoms. The van der Waals surface area contributed by atoms with Gasteiger partial charge in [0.2, 0.25) is 5.91 Å². The fraction of sp³-hybridized carbons (Fsp3) is 0.0667. The topological polar surface area (TPSA) is 72.4 Å². The number of nitrogen functional groups attached to an aromatic ring is 1.